The van der Waals surface area contributed by atoms with E-state index >= 15 is 0 Å². The largest absolute Gasteiger partial charge is 0.357 e. The Labute approximate surface area is 187 Å². The monoisotopic (exact) mass is 510 g/mol. The molecule has 28 heavy (non-hydrogen) atoms. The zero-order valence-corrected chi connectivity index (χ0v) is 18.8. The van der Waals surface area contributed by atoms with Gasteiger partial charge in [0.1, 0.15) is 0 Å². The highest BCUT2D eigenvalue weighted by atomic mass is 127. The van der Waals surface area contributed by atoms with E-state index in [1.165, 1.54) is 5.56 Å². The van der Waals surface area contributed by atoms with Gasteiger partial charge in [-0.1, -0.05) is 23.7 Å². The van der Waals surface area contributed by atoms with Crippen LogP contribution in [0.2, 0.25) is 5.02 Å². The van der Waals surface area contributed by atoms with Gasteiger partial charge in [0.2, 0.25) is 0 Å². The fourth-order valence-electron chi connectivity index (χ4n) is 2.58. The zero-order valence-electron chi connectivity index (χ0n) is 15.7. The smallest absolute Gasteiger partial charge is 0.191 e. The first kappa shape index (κ1) is 22.2. The third-order valence-electron chi connectivity index (χ3n) is 3.93. The van der Waals surface area contributed by atoms with E-state index in [4.69, 9.17) is 11.6 Å². The molecule has 0 aliphatic carbocycles. The maximum absolute atomic E-state index is 5.93. The van der Waals surface area contributed by atoms with Crippen LogP contribution in [0.15, 0.2) is 66.0 Å². The molecule has 0 fully saturated rings. The summed E-state index contributed by atoms with van der Waals surface area (Å²) in [5, 5.41) is 11.6. The van der Waals surface area contributed by atoms with Crippen LogP contribution in [0.4, 0.5) is 0 Å². The number of benzene rings is 1. The quantitative estimate of drug-likeness (QED) is 0.288. The molecule has 8 heteroatoms. The number of nitrogens with zero attached hydrogens (tertiary/aromatic N) is 4. The van der Waals surface area contributed by atoms with Gasteiger partial charge >= 0.3 is 0 Å². The summed E-state index contributed by atoms with van der Waals surface area (Å²) in [6, 6.07) is 13.7. The van der Waals surface area contributed by atoms with Crippen LogP contribution in [0.1, 0.15) is 18.1 Å². The highest BCUT2D eigenvalue weighted by Crippen LogP contribution is 2.10. The van der Waals surface area contributed by atoms with Crippen LogP contribution in [-0.2, 0) is 13.0 Å². The van der Waals surface area contributed by atoms with Gasteiger partial charge in [-0.15, -0.1) is 24.0 Å². The van der Waals surface area contributed by atoms with Crippen molar-refractivity contribution in [3.8, 4) is 5.82 Å². The molecule has 1 aromatic carbocycles. The topological polar surface area (TPSA) is 67.1 Å². The molecule has 0 atom stereocenters. The molecule has 0 aliphatic heterocycles. The second-order valence-electron chi connectivity index (χ2n) is 5.97. The molecule has 2 N–H and O–H groups in total. The van der Waals surface area contributed by atoms with Gasteiger partial charge < -0.3 is 10.6 Å². The van der Waals surface area contributed by atoms with Gasteiger partial charge in [-0.3, -0.25) is 0 Å². The molecule has 0 bridgehead atoms. The molecule has 0 saturated carbocycles. The van der Waals surface area contributed by atoms with Crippen molar-refractivity contribution in [1.29, 1.82) is 0 Å². The lowest BCUT2D eigenvalue weighted by atomic mass is 10.1. The zero-order chi connectivity index (χ0) is 18.9. The Morgan fingerprint density at radius 2 is 1.93 bits per heavy atom. The predicted molar refractivity (Wildman–Crippen MR) is 125 cm³/mol. The normalized spacial score (nSPS) is 11.0. The molecule has 0 radical (unpaired) electrons. The number of rotatable bonds is 7. The first-order chi connectivity index (χ1) is 13.2. The number of hydrogen-bond donors (Lipinski definition) is 2. The van der Waals surface area contributed by atoms with Crippen LogP contribution >= 0.6 is 35.6 Å². The van der Waals surface area contributed by atoms with E-state index in [-0.39, 0.29) is 24.0 Å². The van der Waals surface area contributed by atoms with Crippen molar-refractivity contribution in [2.75, 3.05) is 13.1 Å². The number of aromatic nitrogens is 3. The number of hydrogen-bond acceptors (Lipinski definition) is 3. The SMILES string of the molecule is CCNC(=NCc1ccnc(-n2cccn2)c1)NCCc1ccc(Cl)cc1.I. The average Bonchev–Trinajstić information content (AvgIpc) is 3.23. The Morgan fingerprint density at radius 3 is 2.64 bits per heavy atom. The van der Waals surface area contributed by atoms with Crippen LogP contribution in [0.3, 0.4) is 0 Å². The highest BCUT2D eigenvalue weighted by molar-refractivity contribution is 14.0. The Kier molecular flexibility index (Phi) is 9.22. The first-order valence-electron chi connectivity index (χ1n) is 8.96. The number of guanidine groups is 1. The molecule has 0 spiro atoms. The average molecular weight is 511 g/mol. The molecule has 6 nitrogen and oxygen atoms in total. The lowest BCUT2D eigenvalue weighted by Gasteiger charge is -2.11. The minimum absolute atomic E-state index is 0. The molecule has 3 aromatic rings. The van der Waals surface area contributed by atoms with E-state index in [1.807, 2.05) is 48.7 Å². The standard InChI is InChI=1S/C20H23ClN6.HI/c1-2-22-20(24-12-8-16-4-6-18(21)7-5-16)25-15-17-9-11-23-19(14-17)27-13-3-10-26-27;/h3-7,9-11,13-14H,2,8,12,15H2,1H3,(H2,22,24,25);1H. The first-order valence-corrected chi connectivity index (χ1v) is 9.34. The van der Waals surface area contributed by atoms with Crippen molar-refractivity contribution in [3.05, 3.63) is 77.2 Å². The fourth-order valence-corrected chi connectivity index (χ4v) is 2.70. The summed E-state index contributed by atoms with van der Waals surface area (Å²) in [5.74, 6) is 1.58. The van der Waals surface area contributed by atoms with Crippen molar-refractivity contribution in [1.82, 2.24) is 25.4 Å². The van der Waals surface area contributed by atoms with Gasteiger partial charge in [-0.25, -0.2) is 14.7 Å². The maximum atomic E-state index is 5.93. The van der Waals surface area contributed by atoms with Gasteiger partial charge in [0.15, 0.2) is 11.8 Å². The molecule has 148 valence electrons. The molecule has 0 unspecified atom stereocenters. The second kappa shape index (κ2) is 11.7. The number of nitrogens with one attached hydrogen (secondary N) is 2. The molecule has 0 saturated heterocycles. The van der Waals surface area contributed by atoms with E-state index < -0.39 is 0 Å². The minimum Gasteiger partial charge on any atom is -0.357 e. The summed E-state index contributed by atoms with van der Waals surface area (Å²) in [5.41, 5.74) is 2.31. The van der Waals surface area contributed by atoms with Crippen LogP contribution in [0.25, 0.3) is 5.82 Å². The van der Waals surface area contributed by atoms with Crippen LogP contribution in [0, 0.1) is 0 Å². The summed E-state index contributed by atoms with van der Waals surface area (Å²) in [4.78, 5) is 9.01. The summed E-state index contributed by atoms with van der Waals surface area (Å²) in [6.07, 6.45) is 6.29. The number of aliphatic imine (C=N–C) groups is 1. The third-order valence-corrected chi connectivity index (χ3v) is 4.18. The Hall–Kier alpha value is -2.13. The second-order valence-corrected chi connectivity index (χ2v) is 6.41. The van der Waals surface area contributed by atoms with Crippen LogP contribution in [-0.4, -0.2) is 33.8 Å². The summed E-state index contributed by atoms with van der Waals surface area (Å²) in [6.45, 7) is 4.22. The molecule has 0 aliphatic rings. The van der Waals surface area contributed by atoms with Gasteiger partial charge in [0, 0.05) is 36.7 Å². The van der Waals surface area contributed by atoms with E-state index in [9.17, 15) is 0 Å². The van der Waals surface area contributed by atoms with Gasteiger partial charge in [0.05, 0.1) is 6.54 Å². The van der Waals surface area contributed by atoms with E-state index in [0.717, 1.165) is 41.9 Å². The van der Waals surface area contributed by atoms with Gasteiger partial charge in [-0.2, -0.15) is 5.10 Å². The Balaban J connectivity index is 0.00000280. The molecular formula is C20H24ClIN6. The fraction of sp³-hybridized carbons (Fsp3) is 0.250. The Morgan fingerprint density at radius 1 is 1.11 bits per heavy atom. The Bertz CT molecular complexity index is 865. The number of halogens is 2. The van der Waals surface area contributed by atoms with Crippen molar-refractivity contribution >= 4 is 41.5 Å². The van der Waals surface area contributed by atoms with Crippen molar-refractivity contribution in [3.63, 3.8) is 0 Å². The molecule has 2 aromatic heterocycles. The summed E-state index contributed by atoms with van der Waals surface area (Å²) < 4.78 is 1.74. The third kappa shape index (κ3) is 6.79. The molecule has 0 amide bonds. The lowest BCUT2D eigenvalue weighted by molar-refractivity contribution is 0.798. The maximum Gasteiger partial charge on any atom is 0.191 e. The van der Waals surface area contributed by atoms with Crippen molar-refractivity contribution in [2.45, 2.75) is 19.9 Å². The molecular weight excluding hydrogens is 487 g/mol. The summed E-state index contributed by atoms with van der Waals surface area (Å²) in [7, 11) is 0. The molecule has 3 rings (SSSR count). The van der Waals surface area contributed by atoms with E-state index in [0.29, 0.717) is 6.54 Å². The van der Waals surface area contributed by atoms with Crippen molar-refractivity contribution in [2.24, 2.45) is 4.99 Å². The minimum atomic E-state index is 0. The van der Waals surface area contributed by atoms with Gasteiger partial charge in [0.25, 0.3) is 0 Å². The summed E-state index contributed by atoms with van der Waals surface area (Å²) >= 11 is 5.93. The van der Waals surface area contributed by atoms with Crippen LogP contribution in [0.5, 0.6) is 0 Å². The lowest BCUT2D eigenvalue weighted by Crippen LogP contribution is -2.38. The van der Waals surface area contributed by atoms with Gasteiger partial charge in [-0.05, 0) is 54.8 Å². The number of pyridine rings is 1. The predicted octanol–water partition coefficient (Wildman–Crippen LogP) is 3.84. The van der Waals surface area contributed by atoms with E-state index in [1.54, 1.807) is 17.1 Å². The highest BCUT2D eigenvalue weighted by Gasteiger charge is 2.02. The van der Waals surface area contributed by atoms with E-state index in [2.05, 4.69) is 32.6 Å². The van der Waals surface area contributed by atoms with Crippen molar-refractivity contribution < 1.29 is 0 Å². The van der Waals surface area contributed by atoms with Crippen LogP contribution < -0.4 is 10.6 Å². The molecule has 2 heterocycles.